The average Bonchev–Trinajstić information content (AvgIpc) is 2.31. The Labute approximate surface area is 98.6 Å². The number of hydrogen-bond acceptors (Lipinski definition) is 3. The number of carboxylic acid groups (broad SMARTS) is 1. The van der Waals surface area contributed by atoms with Gasteiger partial charge in [-0.3, -0.25) is 14.5 Å². The second-order valence-corrected chi connectivity index (χ2v) is 3.84. The predicted octanol–water partition coefficient (Wildman–Crippen LogP) is 1.06. The van der Waals surface area contributed by atoms with Crippen molar-refractivity contribution in [3.05, 3.63) is 23.8 Å². The van der Waals surface area contributed by atoms with Crippen LogP contribution in [0.15, 0.2) is 18.2 Å². The van der Waals surface area contributed by atoms with Gasteiger partial charge in [0.25, 0.3) is 0 Å². The summed E-state index contributed by atoms with van der Waals surface area (Å²) in [5.41, 5.74) is 1.54. The summed E-state index contributed by atoms with van der Waals surface area (Å²) in [6.07, 6.45) is 0.967. The Hall–Kier alpha value is -2.04. The molecule has 5 heteroatoms. The maximum atomic E-state index is 11.8. The topological polar surface area (TPSA) is 66.8 Å². The van der Waals surface area contributed by atoms with Gasteiger partial charge in [-0.1, -0.05) is 12.1 Å². The second kappa shape index (κ2) is 4.45. The molecule has 0 unspecified atom stereocenters. The predicted molar refractivity (Wildman–Crippen MR) is 61.3 cm³/mol. The van der Waals surface area contributed by atoms with Gasteiger partial charge in [-0.15, -0.1) is 0 Å². The van der Waals surface area contributed by atoms with E-state index in [4.69, 9.17) is 9.84 Å². The van der Waals surface area contributed by atoms with E-state index >= 15 is 0 Å². The zero-order valence-electron chi connectivity index (χ0n) is 9.47. The molecule has 5 nitrogen and oxygen atoms in total. The number of benzene rings is 1. The molecule has 2 rings (SSSR count). The van der Waals surface area contributed by atoms with Crippen LogP contribution in [-0.4, -0.2) is 30.6 Å². The third-order valence-corrected chi connectivity index (χ3v) is 2.78. The van der Waals surface area contributed by atoms with Crippen molar-refractivity contribution in [1.29, 1.82) is 0 Å². The Morgan fingerprint density at radius 2 is 2.24 bits per heavy atom. The number of fused-ring (bicyclic) bond motifs is 1. The number of amides is 1. The molecule has 1 aromatic carbocycles. The molecule has 0 radical (unpaired) electrons. The Morgan fingerprint density at radius 1 is 1.47 bits per heavy atom. The zero-order valence-corrected chi connectivity index (χ0v) is 9.47. The van der Waals surface area contributed by atoms with E-state index in [1.807, 2.05) is 12.1 Å². The van der Waals surface area contributed by atoms with E-state index in [-0.39, 0.29) is 12.5 Å². The number of para-hydroxylation sites is 1. The van der Waals surface area contributed by atoms with Crippen LogP contribution in [0.25, 0.3) is 0 Å². The first-order valence-corrected chi connectivity index (χ1v) is 5.31. The van der Waals surface area contributed by atoms with Crippen LogP contribution in [0.4, 0.5) is 5.69 Å². The van der Waals surface area contributed by atoms with Gasteiger partial charge < -0.3 is 9.84 Å². The van der Waals surface area contributed by atoms with E-state index in [0.29, 0.717) is 24.3 Å². The summed E-state index contributed by atoms with van der Waals surface area (Å²) in [6, 6.07) is 5.46. The lowest BCUT2D eigenvalue weighted by Crippen LogP contribution is -2.39. The molecule has 0 saturated carbocycles. The molecule has 1 aliphatic heterocycles. The molecular formula is C12H13NO4. The molecule has 17 heavy (non-hydrogen) atoms. The molecule has 0 saturated heterocycles. The number of carbonyl (C=O) groups excluding carboxylic acids is 1. The van der Waals surface area contributed by atoms with Crippen LogP contribution >= 0.6 is 0 Å². The summed E-state index contributed by atoms with van der Waals surface area (Å²) in [5.74, 6) is -0.668. The van der Waals surface area contributed by atoms with Crippen LogP contribution < -0.4 is 9.64 Å². The third kappa shape index (κ3) is 2.08. The number of methoxy groups -OCH3 is 1. The van der Waals surface area contributed by atoms with Crippen molar-refractivity contribution in [3.63, 3.8) is 0 Å². The van der Waals surface area contributed by atoms with Gasteiger partial charge in [-0.05, 0) is 18.1 Å². The third-order valence-electron chi connectivity index (χ3n) is 2.78. The second-order valence-electron chi connectivity index (χ2n) is 3.84. The van der Waals surface area contributed by atoms with Gasteiger partial charge in [0.1, 0.15) is 12.3 Å². The fraction of sp³-hybridized carbons (Fsp3) is 0.333. The molecule has 90 valence electrons. The average molecular weight is 235 g/mol. The minimum Gasteiger partial charge on any atom is -0.495 e. The van der Waals surface area contributed by atoms with Gasteiger partial charge >= 0.3 is 5.97 Å². The number of anilines is 1. The fourth-order valence-corrected chi connectivity index (χ4v) is 2.04. The van der Waals surface area contributed by atoms with Crippen LogP contribution in [0.1, 0.15) is 12.0 Å². The minimum atomic E-state index is -1.03. The number of nitrogens with zero attached hydrogens (tertiary/aromatic N) is 1. The van der Waals surface area contributed by atoms with E-state index < -0.39 is 5.97 Å². The Morgan fingerprint density at radius 3 is 2.88 bits per heavy atom. The van der Waals surface area contributed by atoms with Crippen molar-refractivity contribution < 1.29 is 19.4 Å². The minimum absolute atomic E-state index is 0.176. The monoisotopic (exact) mass is 235 g/mol. The molecule has 0 bridgehead atoms. The molecule has 1 N–H and O–H groups in total. The van der Waals surface area contributed by atoms with Crippen molar-refractivity contribution in [2.75, 3.05) is 18.6 Å². The molecular weight excluding hydrogens is 222 g/mol. The molecule has 0 fully saturated rings. The van der Waals surface area contributed by atoms with E-state index in [1.165, 1.54) is 12.0 Å². The van der Waals surface area contributed by atoms with Gasteiger partial charge in [0, 0.05) is 6.42 Å². The van der Waals surface area contributed by atoms with Crippen LogP contribution in [0.2, 0.25) is 0 Å². The van der Waals surface area contributed by atoms with E-state index in [9.17, 15) is 9.59 Å². The highest BCUT2D eigenvalue weighted by Gasteiger charge is 2.28. The summed E-state index contributed by atoms with van der Waals surface area (Å²) in [6.45, 7) is -0.327. The molecule has 0 aliphatic carbocycles. The van der Waals surface area contributed by atoms with Gasteiger partial charge in [-0.25, -0.2) is 0 Å². The smallest absolute Gasteiger partial charge is 0.323 e. The summed E-state index contributed by atoms with van der Waals surface area (Å²) in [5, 5.41) is 8.84. The number of hydrogen-bond donors (Lipinski definition) is 1. The van der Waals surface area contributed by atoms with Crippen molar-refractivity contribution in [3.8, 4) is 5.75 Å². The van der Waals surface area contributed by atoms with Gasteiger partial charge in [0.05, 0.1) is 12.8 Å². The fourth-order valence-electron chi connectivity index (χ4n) is 2.04. The Bertz CT molecular complexity index is 455. The van der Waals surface area contributed by atoms with Crippen LogP contribution in [0, 0.1) is 0 Å². The van der Waals surface area contributed by atoms with Crippen LogP contribution in [-0.2, 0) is 16.0 Å². The highest BCUT2D eigenvalue weighted by atomic mass is 16.5. The molecule has 1 aromatic rings. The molecule has 0 aromatic heterocycles. The number of ether oxygens (including phenoxy) is 1. The van der Waals surface area contributed by atoms with Crippen molar-refractivity contribution in [2.24, 2.45) is 0 Å². The van der Waals surface area contributed by atoms with E-state index in [1.54, 1.807) is 6.07 Å². The van der Waals surface area contributed by atoms with Gasteiger partial charge in [-0.2, -0.15) is 0 Å². The largest absolute Gasteiger partial charge is 0.495 e. The highest BCUT2D eigenvalue weighted by Crippen LogP contribution is 2.36. The van der Waals surface area contributed by atoms with Crippen LogP contribution in [0.3, 0.4) is 0 Å². The van der Waals surface area contributed by atoms with E-state index in [0.717, 1.165) is 5.56 Å². The summed E-state index contributed by atoms with van der Waals surface area (Å²) in [4.78, 5) is 23.8. The summed E-state index contributed by atoms with van der Waals surface area (Å²) >= 11 is 0. The quantitative estimate of drug-likeness (QED) is 0.850. The van der Waals surface area contributed by atoms with Crippen molar-refractivity contribution >= 4 is 17.6 Å². The lowest BCUT2D eigenvalue weighted by atomic mass is 10.0. The number of rotatable bonds is 3. The molecule has 1 amide bonds. The Kier molecular flexibility index (Phi) is 2.99. The number of aryl methyl sites for hydroxylation is 1. The Balaban J connectivity index is 2.48. The first-order chi connectivity index (χ1) is 8.13. The maximum absolute atomic E-state index is 11.8. The summed E-state index contributed by atoms with van der Waals surface area (Å²) in [7, 11) is 1.51. The number of carbonyl (C=O) groups is 2. The van der Waals surface area contributed by atoms with Gasteiger partial charge in [0.15, 0.2) is 0 Å². The van der Waals surface area contributed by atoms with Crippen molar-refractivity contribution in [2.45, 2.75) is 12.8 Å². The number of aliphatic carboxylic acids is 1. The number of carboxylic acids is 1. The highest BCUT2D eigenvalue weighted by molar-refractivity contribution is 6.01. The normalized spacial score (nSPS) is 14.4. The molecule has 1 heterocycles. The first kappa shape index (κ1) is 11.4. The maximum Gasteiger partial charge on any atom is 0.323 e. The molecule has 1 aliphatic rings. The van der Waals surface area contributed by atoms with Crippen LogP contribution in [0.5, 0.6) is 5.75 Å². The van der Waals surface area contributed by atoms with E-state index in [2.05, 4.69) is 0 Å². The zero-order chi connectivity index (χ0) is 12.4. The first-order valence-electron chi connectivity index (χ1n) is 5.31. The van der Waals surface area contributed by atoms with Gasteiger partial charge in [0.2, 0.25) is 5.91 Å². The standard InChI is InChI=1S/C12H13NO4/c1-17-9-4-2-3-8-5-6-10(14)13(12(8)9)7-11(15)16/h2-4H,5-7H2,1H3,(H,15,16). The molecule has 0 atom stereocenters. The lowest BCUT2D eigenvalue weighted by molar-refractivity contribution is -0.136. The van der Waals surface area contributed by atoms with Crippen molar-refractivity contribution in [1.82, 2.24) is 0 Å². The molecule has 0 spiro atoms. The summed E-state index contributed by atoms with van der Waals surface area (Å²) < 4.78 is 5.19. The SMILES string of the molecule is COc1cccc2c1N(CC(=O)O)C(=O)CC2. The lowest BCUT2D eigenvalue weighted by Gasteiger charge is -2.29.